The lowest BCUT2D eigenvalue weighted by Crippen LogP contribution is -2.41. The smallest absolute Gasteiger partial charge is 0.336 e. The van der Waals surface area contributed by atoms with Crippen molar-refractivity contribution < 1.29 is 28.4 Å². The molecule has 5 aliphatic heterocycles. The first-order valence-electron chi connectivity index (χ1n) is 10.6. The Morgan fingerprint density at radius 1 is 1.29 bits per heavy atom. The van der Waals surface area contributed by atoms with Crippen molar-refractivity contribution in [3.63, 3.8) is 0 Å². The SMILES string of the molecule is CC[C@H]1[C@@H]2C3=[N+](CCC[C@H]2O[C@]12C=C(C)C(=O)O2)C([C@@H]1C[C@H](C)C(=O)O1)C=C3. The zero-order chi connectivity index (χ0) is 19.6. The molecule has 1 unspecified atom stereocenters. The van der Waals surface area contributed by atoms with Crippen LogP contribution < -0.4 is 0 Å². The number of fused-ring (bicyclic) bond motifs is 2. The average Bonchev–Trinajstić information content (AvgIpc) is 3.33. The number of ether oxygens (including phenoxy) is 3. The number of hydrogen-bond acceptors (Lipinski definition) is 5. The summed E-state index contributed by atoms with van der Waals surface area (Å²) in [5.41, 5.74) is 1.88. The summed E-state index contributed by atoms with van der Waals surface area (Å²) in [5, 5.41) is 0. The van der Waals surface area contributed by atoms with Crippen molar-refractivity contribution in [3.8, 4) is 0 Å². The molecule has 0 aromatic carbocycles. The second-order valence-corrected chi connectivity index (χ2v) is 8.86. The third-order valence-electron chi connectivity index (χ3n) is 7.14. The van der Waals surface area contributed by atoms with E-state index in [1.165, 1.54) is 5.71 Å². The molecule has 0 aromatic rings. The van der Waals surface area contributed by atoms with Crippen LogP contribution >= 0.6 is 0 Å². The minimum atomic E-state index is -0.929. The highest BCUT2D eigenvalue weighted by Gasteiger charge is 2.62. The maximum absolute atomic E-state index is 12.1. The molecule has 7 atom stereocenters. The van der Waals surface area contributed by atoms with Gasteiger partial charge in [-0.25, -0.2) is 9.37 Å². The maximum Gasteiger partial charge on any atom is 0.336 e. The van der Waals surface area contributed by atoms with Crippen LogP contribution in [-0.2, 0) is 23.8 Å². The lowest BCUT2D eigenvalue weighted by Gasteiger charge is -2.28. The number of rotatable bonds is 2. The predicted octanol–water partition coefficient (Wildman–Crippen LogP) is 2.36. The summed E-state index contributed by atoms with van der Waals surface area (Å²) in [6.07, 6.45) is 9.79. The average molecular weight is 386 g/mol. The number of carbonyl (C=O) groups is 2. The van der Waals surface area contributed by atoms with Gasteiger partial charge in [0.25, 0.3) is 0 Å². The summed E-state index contributed by atoms with van der Waals surface area (Å²) < 4.78 is 20.3. The second kappa shape index (κ2) is 6.28. The van der Waals surface area contributed by atoms with Gasteiger partial charge in [-0.2, -0.15) is 0 Å². The Balaban J connectivity index is 1.50. The molecule has 6 heteroatoms. The van der Waals surface area contributed by atoms with Gasteiger partial charge in [-0.3, -0.25) is 4.79 Å². The van der Waals surface area contributed by atoms with E-state index in [9.17, 15) is 9.59 Å². The first-order valence-corrected chi connectivity index (χ1v) is 10.6. The van der Waals surface area contributed by atoms with Crippen LogP contribution in [0.2, 0.25) is 0 Å². The van der Waals surface area contributed by atoms with Gasteiger partial charge in [-0.15, -0.1) is 0 Å². The lowest BCUT2D eigenvalue weighted by atomic mass is 9.79. The van der Waals surface area contributed by atoms with E-state index in [-0.39, 0.29) is 47.9 Å². The predicted molar refractivity (Wildman–Crippen MR) is 101 cm³/mol. The molecule has 0 aliphatic carbocycles. The number of esters is 2. The van der Waals surface area contributed by atoms with Crippen molar-refractivity contribution in [2.24, 2.45) is 17.8 Å². The highest BCUT2D eigenvalue weighted by atomic mass is 16.7. The van der Waals surface area contributed by atoms with Gasteiger partial charge in [0.05, 0.1) is 17.9 Å². The van der Waals surface area contributed by atoms with E-state index >= 15 is 0 Å². The number of carbonyl (C=O) groups excluding carboxylic acids is 2. The minimum absolute atomic E-state index is 0.0327. The maximum atomic E-state index is 12.1. The number of nitrogens with zero attached hydrogens (tertiary/aromatic N) is 1. The number of allylic oxidation sites excluding steroid dienone is 1. The van der Waals surface area contributed by atoms with Crippen molar-refractivity contribution >= 4 is 17.7 Å². The van der Waals surface area contributed by atoms with Crippen molar-refractivity contribution in [1.29, 1.82) is 0 Å². The third kappa shape index (κ3) is 2.46. The minimum Gasteiger partial charge on any atom is -0.455 e. The van der Waals surface area contributed by atoms with Gasteiger partial charge in [0.2, 0.25) is 11.8 Å². The fourth-order valence-electron chi connectivity index (χ4n) is 5.84. The summed E-state index contributed by atoms with van der Waals surface area (Å²) in [5.74, 6) is -1.06. The molecule has 28 heavy (non-hydrogen) atoms. The first-order chi connectivity index (χ1) is 13.4. The van der Waals surface area contributed by atoms with E-state index in [1.54, 1.807) is 6.92 Å². The standard InChI is InChI=1S/C22H28NO5/c1-4-14-19-16-8-7-15(18-10-12(2)20(24)26-18)23(16)9-5-6-17(19)27-22(14)11-13(3)21(25)28-22/h7-8,11-12,14-15,17-19H,4-6,9-10H2,1-3H3/q+1/t12-,14-,15?,17+,18-,19+,22-/m0/s1. The van der Waals surface area contributed by atoms with Crippen molar-refractivity contribution in [2.45, 2.75) is 70.5 Å². The molecule has 1 spiro atoms. The molecule has 0 radical (unpaired) electrons. The Morgan fingerprint density at radius 2 is 2.11 bits per heavy atom. The largest absolute Gasteiger partial charge is 0.455 e. The zero-order valence-corrected chi connectivity index (χ0v) is 16.7. The number of hydrogen-bond donors (Lipinski definition) is 0. The molecule has 6 nitrogen and oxygen atoms in total. The molecule has 0 aromatic heterocycles. The van der Waals surface area contributed by atoms with Gasteiger partial charge >= 0.3 is 11.9 Å². The zero-order valence-electron chi connectivity index (χ0n) is 16.7. The summed E-state index contributed by atoms with van der Waals surface area (Å²) in [6, 6.07) is 0.0973. The van der Waals surface area contributed by atoms with Crippen LogP contribution in [0.4, 0.5) is 0 Å². The Labute approximate surface area is 165 Å². The molecule has 0 bridgehead atoms. The Morgan fingerprint density at radius 3 is 2.75 bits per heavy atom. The van der Waals surface area contributed by atoms with Gasteiger partial charge in [0, 0.05) is 30.4 Å². The Hall–Kier alpha value is -1.95. The number of cyclic esters (lactones) is 1. The van der Waals surface area contributed by atoms with E-state index in [2.05, 4.69) is 23.7 Å². The summed E-state index contributed by atoms with van der Waals surface area (Å²) in [4.78, 5) is 24.1. The summed E-state index contributed by atoms with van der Waals surface area (Å²) >= 11 is 0. The monoisotopic (exact) mass is 386 g/mol. The van der Waals surface area contributed by atoms with Crippen LogP contribution in [0.15, 0.2) is 23.8 Å². The van der Waals surface area contributed by atoms with Gasteiger partial charge in [-0.05, 0) is 31.9 Å². The van der Waals surface area contributed by atoms with E-state index in [1.807, 2.05) is 13.0 Å². The van der Waals surface area contributed by atoms with Crippen LogP contribution in [0, 0.1) is 17.8 Å². The lowest BCUT2D eigenvalue weighted by molar-refractivity contribution is -0.560. The van der Waals surface area contributed by atoms with Crippen LogP contribution in [0.1, 0.15) is 46.5 Å². The summed E-state index contributed by atoms with van der Waals surface area (Å²) in [7, 11) is 0. The molecule has 0 amide bonds. The van der Waals surface area contributed by atoms with E-state index in [4.69, 9.17) is 14.2 Å². The van der Waals surface area contributed by atoms with Crippen LogP contribution in [-0.4, -0.2) is 52.8 Å². The molecule has 2 saturated heterocycles. The second-order valence-electron chi connectivity index (χ2n) is 8.86. The normalized spacial score (nSPS) is 44.5. The molecule has 2 fully saturated rings. The van der Waals surface area contributed by atoms with E-state index < -0.39 is 5.79 Å². The fourth-order valence-corrected chi connectivity index (χ4v) is 5.84. The Bertz CT molecular complexity index is 827. The molecule has 150 valence electrons. The molecular formula is C22H28NO5+. The van der Waals surface area contributed by atoms with Gasteiger partial charge in [-0.1, -0.05) is 13.8 Å². The van der Waals surface area contributed by atoms with Gasteiger partial charge in [0.15, 0.2) is 11.8 Å². The fraction of sp³-hybridized carbons (Fsp3) is 0.682. The highest BCUT2D eigenvalue weighted by Crippen LogP contribution is 2.50. The van der Waals surface area contributed by atoms with Gasteiger partial charge < -0.3 is 14.2 Å². The van der Waals surface area contributed by atoms with Crippen LogP contribution in [0.5, 0.6) is 0 Å². The van der Waals surface area contributed by atoms with Crippen molar-refractivity contribution in [2.75, 3.05) is 6.54 Å². The molecule has 0 N–H and O–H groups in total. The van der Waals surface area contributed by atoms with E-state index in [0.29, 0.717) is 5.57 Å². The molecule has 5 rings (SSSR count). The van der Waals surface area contributed by atoms with Crippen molar-refractivity contribution in [3.05, 3.63) is 23.8 Å². The molecule has 0 saturated carbocycles. The van der Waals surface area contributed by atoms with E-state index in [0.717, 1.165) is 32.2 Å². The van der Waals surface area contributed by atoms with Crippen molar-refractivity contribution in [1.82, 2.24) is 0 Å². The van der Waals surface area contributed by atoms with Crippen LogP contribution in [0.25, 0.3) is 0 Å². The molecular weight excluding hydrogens is 358 g/mol. The first kappa shape index (κ1) is 18.1. The van der Waals surface area contributed by atoms with Gasteiger partial charge in [0.1, 0.15) is 6.54 Å². The molecule has 5 heterocycles. The highest BCUT2D eigenvalue weighted by molar-refractivity contribution is 5.96. The summed E-state index contributed by atoms with van der Waals surface area (Å²) in [6.45, 7) is 6.81. The molecule has 5 aliphatic rings. The topological polar surface area (TPSA) is 64.8 Å². The third-order valence-corrected chi connectivity index (χ3v) is 7.14. The Kier molecular flexibility index (Phi) is 4.06. The quantitative estimate of drug-likeness (QED) is 0.539. The van der Waals surface area contributed by atoms with Crippen LogP contribution in [0.3, 0.4) is 0 Å².